The zero-order valence-electron chi connectivity index (χ0n) is 23.1. The molecule has 38 heavy (non-hydrogen) atoms. The molecule has 1 saturated heterocycles. The van der Waals surface area contributed by atoms with Crippen molar-refractivity contribution in [3.63, 3.8) is 0 Å². The lowest BCUT2D eigenvalue weighted by Crippen LogP contribution is -2.41. The number of fused-ring (bicyclic) bond motifs is 1. The van der Waals surface area contributed by atoms with E-state index in [0.29, 0.717) is 24.6 Å². The highest BCUT2D eigenvalue weighted by molar-refractivity contribution is 5.84. The molecule has 8 nitrogen and oxygen atoms in total. The molecule has 202 valence electrons. The highest BCUT2D eigenvalue weighted by Crippen LogP contribution is 2.31. The van der Waals surface area contributed by atoms with Crippen LogP contribution in [0.2, 0.25) is 0 Å². The first-order chi connectivity index (χ1) is 18.1. The number of ether oxygens (including phenoxy) is 2. The van der Waals surface area contributed by atoms with Gasteiger partial charge >= 0.3 is 6.09 Å². The highest BCUT2D eigenvalue weighted by atomic mass is 16.6. The van der Waals surface area contributed by atoms with Crippen LogP contribution in [0, 0.1) is 17.2 Å². The molecule has 0 saturated carbocycles. The van der Waals surface area contributed by atoms with Crippen molar-refractivity contribution in [3.8, 4) is 11.8 Å². The van der Waals surface area contributed by atoms with Gasteiger partial charge in [-0.3, -0.25) is 0 Å². The summed E-state index contributed by atoms with van der Waals surface area (Å²) in [5, 5.41) is 14.5. The smallest absolute Gasteiger partial charge is 0.410 e. The fourth-order valence-electron chi connectivity index (χ4n) is 4.77. The van der Waals surface area contributed by atoms with Gasteiger partial charge in [-0.15, -0.1) is 0 Å². The van der Waals surface area contributed by atoms with Gasteiger partial charge in [-0.25, -0.2) is 4.79 Å². The summed E-state index contributed by atoms with van der Waals surface area (Å²) < 4.78 is 17.5. The van der Waals surface area contributed by atoms with Gasteiger partial charge in [0.05, 0.1) is 17.3 Å². The van der Waals surface area contributed by atoms with Gasteiger partial charge in [0.25, 0.3) is 0 Å². The van der Waals surface area contributed by atoms with Crippen molar-refractivity contribution in [1.29, 1.82) is 5.26 Å². The molecule has 2 aromatic carbocycles. The topological polar surface area (TPSA) is 91.8 Å². The molecule has 1 amide bonds. The van der Waals surface area contributed by atoms with Gasteiger partial charge in [-0.2, -0.15) is 5.26 Å². The first-order valence-electron chi connectivity index (χ1n) is 13.3. The van der Waals surface area contributed by atoms with Crippen molar-refractivity contribution in [2.45, 2.75) is 65.2 Å². The van der Waals surface area contributed by atoms with E-state index in [1.54, 1.807) is 12.1 Å². The molecule has 0 atom stereocenters. The average molecular weight is 519 g/mol. The van der Waals surface area contributed by atoms with E-state index in [1.807, 2.05) is 64.0 Å². The molecule has 0 N–H and O–H groups in total. The number of aryl methyl sites for hydroxylation is 1. The first-order valence-corrected chi connectivity index (χ1v) is 13.3. The third-order valence-electron chi connectivity index (χ3n) is 6.73. The van der Waals surface area contributed by atoms with Gasteiger partial charge in [0.15, 0.2) is 5.58 Å². The highest BCUT2D eigenvalue weighted by Gasteiger charge is 2.27. The largest absolute Gasteiger partial charge is 0.489 e. The Morgan fingerprint density at radius 1 is 1.18 bits per heavy atom. The molecule has 4 rings (SSSR count). The second-order valence-electron chi connectivity index (χ2n) is 11.4. The van der Waals surface area contributed by atoms with E-state index in [9.17, 15) is 4.79 Å². The van der Waals surface area contributed by atoms with E-state index in [4.69, 9.17) is 19.3 Å². The Hall–Kier alpha value is -3.57. The summed E-state index contributed by atoms with van der Waals surface area (Å²) in [5.41, 5.74) is 3.94. The molecule has 0 aliphatic carbocycles. The Balaban J connectivity index is 1.42. The molecule has 0 unspecified atom stereocenters. The van der Waals surface area contributed by atoms with Crippen LogP contribution >= 0.6 is 0 Å². The van der Waals surface area contributed by atoms with E-state index >= 15 is 0 Å². The molecular weight excluding hydrogens is 480 g/mol. The van der Waals surface area contributed by atoms with Gasteiger partial charge in [0, 0.05) is 30.6 Å². The Labute approximate surface area is 225 Å². The number of likely N-dealkylation sites (tertiary alicyclic amines) is 1. The van der Waals surface area contributed by atoms with Crippen LogP contribution in [-0.2, 0) is 24.3 Å². The van der Waals surface area contributed by atoms with Crippen molar-refractivity contribution in [3.05, 3.63) is 58.8 Å². The predicted molar refractivity (Wildman–Crippen MR) is 146 cm³/mol. The number of nitriles is 1. The lowest BCUT2D eigenvalue weighted by Gasteiger charge is -2.33. The van der Waals surface area contributed by atoms with Crippen molar-refractivity contribution >= 4 is 17.1 Å². The Kier molecular flexibility index (Phi) is 8.58. The number of nitrogens with zero attached hydrogens (tertiary/aromatic N) is 4. The minimum atomic E-state index is -0.474. The van der Waals surface area contributed by atoms with Crippen molar-refractivity contribution in [2.75, 3.05) is 27.2 Å². The van der Waals surface area contributed by atoms with Crippen LogP contribution in [0.1, 0.15) is 62.4 Å². The minimum absolute atomic E-state index is 0.222. The van der Waals surface area contributed by atoms with Gasteiger partial charge in [-0.1, -0.05) is 17.3 Å². The first kappa shape index (κ1) is 27.5. The van der Waals surface area contributed by atoms with Crippen molar-refractivity contribution in [1.82, 2.24) is 15.0 Å². The molecule has 2 heterocycles. The number of aromatic nitrogens is 1. The number of benzene rings is 2. The summed E-state index contributed by atoms with van der Waals surface area (Å²) >= 11 is 0. The second-order valence-corrected chi connectivity index (χ2v) is 11.4. The molecule has 0 radical (unpaired) electrons. The van der Waals surface area contributed by atoms with E-state index in [0.717, 1.165) is 72.3 Å². The number of hydrogen-bond donors (Lipinski definition) is 0. The zero-order chi connectivity index (χ0) is 27.3. The summed E-state index contributed by atoms with van der Waals surface area (Å²) in [7, 11) is 4.05. The van der Waals surface area contributed by atoms with Crippen LogP contribution in [0.15, 0.2) is 40.9 Å². The zero-order valence-corrected chi connectivity index (χ0v) is 23.1. The fourth-order valence-corrected chi connectivity index (χ4v) is 4.77. The SMILES string of the molecule is CN(C)Cc1cc(OCc2ccc(C#N)cc2)cc2c(CCC3CCN(C(=O)OC(C)(C)C)CC3)noc12. The quantitative estimate of drug-likeness (QED) is 0.365. The lowest BCUT2D eigenvalue weighted by atomic mass is 9.91. The average Bonchev–Trinajstić information content (AvgIpc) is 3.28. The standard InChI is InChI=1S/C30H38N4O4/c1-30(2,3)37-29(35)34-14-12-21(13-15-34)10-11-27-26-17-25(16-24(19-33(4)5)28(26)38-32-27)36-20-23-8-6-22(18-31)7-9-23/h6-9,16-17,21H,10-15,19-20H2,1-5H3. The van der Waals surface area contributed by atoms with E-state index in [-0.39, 0.29) is 6.09 Å². The number of carbonyl (C=O) groups is 1. The van der Waals surface area contributed by atoms with Gasteiger partial charge in [0.1, 0.15) is 18.0 Å². The summed E-state index contributed by atoms with van der Waals surface area (Å²) in [6, 6.07) is 13.6. The molecule has 1 fully saturated rings. The number of carbonyl (C=O) groups excluding carboxylic acids is 1. The molecule has 0 bridgehead atoms. The van der Waals surface area contributed by atoms with Crippen molar-refractivity contribution < 1.29 is 18.8 Å². The second kappa shape index (κ2) is 11.9. The van der Waals surface area contributed by atoms with Gasteiger partial charge in [-0.05, 0) is 96.3 Å². The van der Waals surface area contributed by atoms with Crippen LogP contribution in [0.4, 0.5) is 4.79 Å². The molecule has 8 heteroatoms. The summed E-state index contributed by atoms with van der Waals surface area (Å²) in [6.07, 6.45) is 3.49. The monoisotopic (exact) mass is 518 g/mol. The normalized spacial score (nSPS) is 14.6. The van der Waals surface area contributed by atoms with E-state index < -0.39 is 5.60 Å². The Morgan fingerprint density at radius 2 is 1.89 bits per heavy atom. The van der Waals surface area contributed by atoms with Crippen LogP contribution < -0.4 is 4.74 Å². The summed E-state index contributed by atoms with van der Waals surface area (Å²) in [5.74, 6) is 1.30. The number of hydrogen-bond acceptors (Lipinski definition) is 7. The van der Waals surface area contributed by atoms with Crippen molar-refractivity contribution in [2.24, 2.45) is 5.92 Å². The fraction of sp³-hybridized carbons (Fsp3) is 0.500. The Morgan fingerprint density at radius 3 is 2.53 bits per heavy atom. The third kappa shape index (κ3) is 7.26. The molecule has 1 aliphatic rings. The minimum Gasteiger partial charge on any atom is -0.489 e. The summed E-state index contributed by atoms with van der Waals surface area (Å²) in [6.45, 7) is 8.25. The van der Waals surface area contributed by atoms with E-state index in [1.165, 1.54) is 0 Å². The lowest BCUT2D eigenvalue weighted by molar-refractivity contribution is 0.0181. The van der Waals surface area contributed by atoms with Gasteiger partial charge in [0.2, 0.25) is 0 Å². The number of rotatable bonds is 8. The molecule has 1 aliphatic heterocycles. The van der Waals surface area contributed by atoms with E-state index in [2.05, 4.69) is 16.1 Å². The maximum Gasteiger partial charge on any atom is 0.410 e. The number of piperidine rings is 1. The molecule has 1 aromatic heterocycles. The van der Waals surface area contributed by atoms with Crippen LogP contribution in [-0.4, -0.2) is 53.8 Å². The number of amides is 1. The third-order valence-corrected chi connectivity index (χ3v) is 6.73. The van der Waals surface area contributed by atoms with Crippen LogP contribution in [0.3, 0.4) is 0 Å². The van der Waals surface area contributed by atoms with Crippen LogP contribution in [0.5, 0.6) is 5.75 Å². The maximum absolute atomic E-state index is 12.4. The van der Waals surface area contributed by atoms with Crippen LogP contribution in [0.25, 0.3) is 11.0 Å². The Bertz CT molecular complexity index is 1280. The molecule has 0 spiro atoms. The summed E-state index contributed by atoms with van der Waals surface area (Å²) in [4.78, 5) is 16.3. The predicted octanol–water partition coefficient (Wildman–Crippen LogP) is 5.92. The maximum atomic E-state index is 12.4. The molecule has 3 aromatic rings. The van der Waals surface area contributed by atoms with Gasteiger partial charge < -0.3 is 23.8 Å². The molecular formula is C30H38N4O4.